The lowest BCUT2D eigenvalue weighted by molar-refractivity contribution is -0.135. The first-order chi connectivity index (χ1) is 11.0. The van der Waals surface area contributed by atoms with Gasteiger partial charge in [-0.25, -0.2) is 0 Å². The van der Waals surface area contributed by atoms with Crippen molar-refractivity contribution in [2.75, 3.05) is 18.4 Å². The van der Waals surface area contributed by atoms with Gasteiger partial charge in [-0.05, 0) is 19.3 Å². The Morgan fingerprint density at radius 1 is 1.43 bits per heavy atom. The molecule has 126 valence electrons. The molecule has 2 fully saturated rings. The van der Waals surface area contributed by atoms with Crippen LogP contribution in [0.15, 0.2) is 12.3 Å². The number of hydrogen-bond acceptors (Lipinski definition) is 4. The van der Waals surface area contributed by atoms with Crippen molar-refractivity contribution in [3.05, 3.63) is 12.3 Å². The molecule has 2 aliphatic rings. The van der Waals surface area contributed by atoms with Gasteiger partial charge in [0.15, 0.2) is 5.82 Å². The first-order valence-corrected chi connectivity index (χ1v) is 8.28. The monoisotopic (exact) mass is 320 g/mol. The van der Waals surface area contributed by atoms with E-state index >= 15 is 0 Å². The lowest BCUT2D eigenvalue weighted by Crippen LogP contribution is -2.37. The SMILES string of the molecule is CC(=O)Nc1ccn([C@@H]2CCN(C(=O)CC3(O)CCCC3)C2)n1. The zero-order valence-electron chi connectivity index (χ0n) is 13.5. The van der Waals surface area contributed by atoms with Crippen LogP contribution < -0.4 is 5.32 Å². The van der Waals surface area contributed by atoms with Crippen LogP contribution >= 0.6 is 0 Å². The normalized spacial score (nSPS) is 23.2. The number of nitrogens with one attached hydrogen (secondary N) is 1. The molecule has 1 aliphatic heterocycles. The highest BCUT2D eigenvalue weighted by molar-refractivity contribution is 5.87. The highest BCUT2D eigenvalue weighted by atomic mass is 16.3. The van der Waals surface area contributed by atoms with Gasteiger partial charge in [0.2, 0.25) is 11.8 Å². The number of amides is 2. The summed E-state index contributed by atoms with van der Waals surface area (Å²) in [6.45, 7) is 2.74. The van der Waals surface area contributed by atoms with E-state index in [1.54, 1.807) is 6.07 Å². The minimum Gasteiger partial charge on any atom is -0.389 e. The van der Waals surface area contributed by atoms with Crippen LogP contribution in [0.4, 0.5) is 5.82 Å². The number of carbonyl (C=O) groups is 2. The van der Waals surface area contributed by atoms with E-state index in [0.29, 0.717) is 18.9 Å². The fraction of sp³-hybridized carbons (Fsp3) is 0.688. The van der Waals surface area contributed by atoms with Gasteiger partial charge >= 0.3 is 0 Å². The summed E-state index contributed by atoms with van der Waals surface area (Å²) < 4.78 is 1.81. The van der Waals surface area contributed by atoms with Crippen molar-refractivity contribution in [3.63, 3.8) is 0 Å². The van der Waals surface area contributed by atoms with Gasteiger partial charge in [-0.2, -0.15) is 5.10 Å². The van der Waals surface area contributed by atoms with E-state index in [9.17, 15) is 14.7 Å². The molecule has 0 radical (unpaired) electrons. The van der Waals surface area contributed by atoms with Crippen LogP contribution in [0.3, 0.4) is 0 Å². The minimum atomic E-state index is -0.792. The standard InChI is InChI=1S/C16H24N4O3/c1-12(21)17-14-5-9-20(18-14)13-4-8-19(11-13)15(22)10-16(23)6-2-3-7-16/h5,9,13,23H,2-4,6-8,10-11H2,1H3,(H,17,18,21)/t13-/m1/s1. The van der Waals surface area contributed by atoms with E-state index in [1.807, 2.05) is 15.8 Å². The summed E-state index contributed by atoms with van der Waals surface area (Å²) in [5, 5.41) is 17.4. The van der Waals surface area contributed by atoms with Crippen molar-refractivity contribution in [3.8, 4) is 0 Å². The molecular weight excluding hydrogens is 296 g/mol. The van der Waals surface area contributed by atoms with Crippen molar-refractivity contribution in [2.24, 2.45) is 0 Å². The average molecular weight is 320 g/mol. The predicted octanol–water partition coefficient (Wildman–Crippen LogP) is 1.31. The van der Waals surface area contributed by atoms with Crippen molar-refractivity contribution in [2.45, 2.75) is 57.1 Å². The summed E-state index contributed by atoms with van der Waals surface area (Å²) >= 11 is 0. The van der Waals surface area contributed by atoms with Gasteiger partial charge in [0.25, 0.3) is 0 Å². The molecule has 7 heteroatoms. The van der Waals surface area contributed by atoms with Crippen LogP contribution in [0.25, 0.3) is 0 Å². The van der Waals surface area contributed by atoms with Crippen molar-refractivity contribution < 1.29 is 14.7 Å². The molecule has 0 bridgehead atoms. The molecule has 0 unspecified atom stereocenters. The molecular formula is C16H24N4O3. The molecule has 0 aromatic carbocycles. The van der Waals surface area contributed by atoms with Crippen LogP contribution in [-0.4, -0.2) is 50.3 Å². The van der Waals surface area contributed by atoms with E-state index in [-0.39, 0.29) is 24.3 Å². The highest BCUT2D eigenvalue weighted by Crippen LogP contribution is 2.33. The summed E-state index contributed by atoms with van der Waals surface area (Å²) in [4.78, 5) is 25.3. The molecule has 1 aromatic rings. The fourth-order valence-corrected chi connectivity index (χ4v) is 3.58. The maximum Gasteiger partial charge on any atom is 0.225 e. The molecule has 0 spiro atoms. The molecule has 1 atom stereocenters. The molecule has 2 heterocycles. The van der Waals surface area contributed by atoms with Gasteiger partial charge in [0.05, 0.1) is 18.1 Å². The van der Waals surface area contributed by atoms with Crippen LogP contribution in [-0.2, 0) is 9.59 Å². The molecule has 1 saturated heterocycles. The lowest BCUT2D eigenvalue weighted by atomic mass is 9.97. The smallest absolute Gasteiger partial charge is 0.225 e. The molecule has 7 nitrogen and oxygen atoms in total. The Balaban J connectivity index is 1.56. The summed E-state index contributed by atoms with van der Waals surface area (Å²) in [6.07, 6.45) is 6.37. The number of carbonyl (C=O) groups excluding carboxylic acids is 2. The molecule has 1 aliphatic carbocycles. The molecule has 1 saturated carbocycles. The Kier molecular flexibility index (Phi) is 4.39. The number of aromatic nitrogens is 2. The lowest BCUT2D eigenvalue weighted by Gasteiger charge is -2.25. The topological polar surface area (TPSA) is 87.5 Å². The van der Waals surface area contributed by atoms with Crippen LogP contribution in [0.2, 0.25) is 0 Å². The Labute approximate surface area is 135 Å². The summed E-state index contributed by atoms with van der Waals surface area (Å²) in [5.74, 6) is 0.414. The van der Waals surface area contributed by atoms with Crippen LogP contribution in [0, 0.1) is 0 Å². The first kappa shape index (κ1) is 16.0. The van der Waals surface area contributed by atoms with Crippen molar-refractivity contribution in [1.29, 1.82) is 0 Å². The third-order valence-corrected chi connectivity index (χ3v) is 4.82. The number of likely N-dealkylation sites (tertiary alicyclic amines) is 1. The fourth-order valence-electron chi connectivity index (χ4n) is 3.58. The van der Waals surface area contributed by atoms with Crippen LogP contribution in [0.5, 0.6) is 0 Å². The largest absolute Gasteiger partial charge is 0.389 e. The van der Waals surface area contributed by atoms with E-state index in [0.717, 1.165) is 32.1 Å². The zero-order chi connectivity index (χ0) is 16.4. The van der Waals surface area contributed by atoms with E-state index < -0.39 is 5.60 Å². The zero-order valence-corrected chi connectivity index (χ0v) is 13.5. The van der Waals surface area contributed by atoms with E-state index in [2.05, 4.69) is 10.4 Å². The van der Waals surface area contributed by atoms with E-state index in [1.165, 1.54) is 6.92 Å². The predicted molar refractivity (Wildman–Crippen MR) is 84.8 cm³/mol. The maximum atomic E-state index is 12.4. The number of aliphatic hydroxyl groups is 1. The number of anilines is 1. The quantitative estimate of drug-likeness (QED) is 0.875. The second kappa shape index (κ2) is 6.31. The number of rotatable bonds is 4. The maximum absolute atomic E-state index is 12.4. The van der Waals surface area contributed by atoms with Crippen LogP contribution in [0.1, 0.15) is 51.5 Å². The second-order valence-electron chi connectivity index (χ2n) is 6.75. The van der Waals surface area contributed by atoms with Gasteiger partial charge in [-0.15, -0.1) is 0 Å². The third-order valence-electron chi connectivity index (χ3n) is 4.82. The molecule has 1 aromatic heterocycles. The Morgan fingerprint density at radius 2 is 2.17 bits per heavy atom. The Morgan fingerprint density at radius 3 is 2.87 bits per heavy atom. The second-order valence-corrected chi connectivity index (χ2v) is 6.75. The average Bonchev–Trinajstić information content (AvgIpc) is 3.17. The van der Waals surface area contributed by atoms with Gasteiger partial charge in [0.1, 0.15) is 0 Å². The van der Waals surface area contributed by atoms with Crippen molar-refractivity contribution >= 4 is 17.6 Å². The number of nitrogens with zero attached hydrogens (tertiary/aromatic N) is 3. The molecule has 23 heavy (non-hydrogen) atoms. The molecule has 2 amide bonds. The first-order valence-electron chi connectivity index (χ1n) is 8.28. The van der Waals surface area contributed by atoms with E-state index in [4.69, 9.17) is 0 Å². The van der Waals surface area contributed by atoms with Gasteiger partial charge in [0, 0.05) is 32.3 Å². The Hall–Kier alpha value is -1.89. The van der Waals surface area contributed by atoms with Gasteiger partial charge < -0.3 is 15.3 Å². The molecule has 3 rings (SSSR count). The highest BCUT2D eigenvalue weighted by Gasteiger charge is 2.37. The molecule has 2 N–H and O–H groups in total. The number of hydrogen-bond donors (Lipinski definition) is 2. The third kappa shape index (κ3) is 3.72. The summed E-state index contributed by atoms with van der Waals surface area (Å²) in [7, 11) is 0. The summed E-state index contributed by atoms with van der Waals surface area (Å²) in [6, 6.07) is 1.88. The van der Waals surface area contributed by atoms with Crippen molar-refractivity contribution in [1.82, 2.24) is 14.7 Å². The summed E-state index contributed by atoms with van der Waals surface area (Å²) in [5.41, 5.74) is -0.792. The minimum absolute atomic E-state index is 0.0335. The van der Waals surface area contributed by atoms with Gasteiger partial charge in [-0.3, -0.25) is 14.3 Å². The Bertz CT molecular complexity index is 592. The van der Waals surface area contributed by atoms with Gasteiger partial charge in [-0.1, -0.05) is 12.8 Å².